The fourth-order valence-corrected chi connectivity index (χ4v) is 4.99. The Morgan fingerprint density at radius 1 is 1.26 bits per heavy atom. The summed E-state index contributed by atoms with van der Waals surface area (Å²) in [6.45, 7) is 2.03. The second-order valence-electron chi connectivity index (χ2n) is 6.83. The van der Waals surface area contributed by atoms with Gasteiger partial charge < -0.3 is 5.32 Å². The molecule has 3 atom stereocenters. The number of fused-ring (bicyclic) bond motifs is 3. The number of rotatable bonds is 2. The summed E-state index contributed by atoms with van der Waals surface area (Å²) in [6.07, 6.45) is 4.47. The van der Waals surface area contributed by atoms with Gasteiger partial charge in [-0.2, -0.15) is 0 Å². The molecule has 1 aromatic carbocycles. The summed E-state index contributed by atoms with van der Waals surface area (Å²) in [5.41, 5.74) is 2.08. The Balaban J connectivity index is 1.51. The van der Waals surface area contributed by atoms with Crippen LogP contribution in [-0.2, 0) is 9.59 Å². The molecule has 2 aliphatic rings. The second-order valence-corrected chi connectivity index (χ2v) is 7.86. The topological polar surface area (TPSA) is 59.1 Å². The lowest BCUT2D eigenvalue weighted by molar-refractivity contribution is -0.136. The second kappa shape index (κ2) is 5.71. The number of anilines is 1. The standard InChI is InChI=1S/C18H20N2O2S/c1-10-4-2-7-14-15(10)19-18(23-14)20-17(22)13-8-11-5-3-6-12(9-13)16(11)21/h2,4,7,11-13H,3,5-6,8-9H2,1H3,(H,19,20,22)/t11-,12+,13?. The van der Waals surface area contributed by atoms with Gasteiger partial charge in [-0.3, -0.25) is 9.59 Å². The third-order valence-electron chi connectivity index (χ3n) is 5.27. The van der Waals surface area contributed by atoms with Gasteiger partial charge in [0.25, 0.3) is 0 Å². The Labute approximate surface area is 139 Å². The summed E-state index contributed by atoms with van der Waals surface area (Å²) in [7, 11) is 0. The van der Waals surface area contributed by atoms with E-state index in [1.165, 1.54) is 11.3 Å². The SMILES string of the molecule is Cc1cccc2sc(NC(=O)C3C[C@H]4CCC[C@@H](C3)C4=O)nc12. The molecule has 2 saturated carbocycles. The average Bonchev–Trinajstić information content (AvgIpc) is 2.91. The van der Waals surface area contributed by atoms with Crippen LogP contribution in [0.3, 0.4) is 0 Å². The van der Waals surface area contributed by atoms with Crippen molar-refractivity contribution in [1.82, 2.24) is 4.98 Å². The highest BCUT2D eigenvalue weighted by molar-refractivity contribution is 7.22. The lowest BCUT2D eigenvalue weighted by Crippen LogP contribution is -2.40. The number of amides is 1. The van der Waals surface area contributed by atoms with Crippen LogP contribution in [0.4, 0.5) is 5.13 Å². The normalized spacial score (nSPS) is 27.2. The van der Waals surface area contributed by atoms with Gasteiger partial charge >= 0.3 is 0 Å². The van der Waals surface area contributed by atoms with E-state index in [-0.39, 0.29) is 23.7 Å². The molecule has 1 heterocycles. The van der Waals surface area contributed by atoms with Crippen molar-refractivity contribution < 1.29 is 9.59 Å². The predicted octanol–water partition coefficient (Wildman–Crippen LogP) is 3.94. The van der Waals surface area contributed by atoms with Crippen LogP contribution in [0.2, 0.25) is 0 Å². The molecule has 1 N–H and O–H groups in total. The molecule has 5 heteroatoms. The van der Waals surface area contributed by atoms with Crippen molar-refractivity contribution in [3.05, 3.63) is 23.8 Å². The Morgan fingerprint density at radius 2 is 2.00 bits per heavy atom. The van der Waals surface area contributed by atoms with Crippen molar-refractivity contribution in [3.8, 4) is 0 Å². The summed E-state index contributed by atoms with van der Waals surface area (Å²) in [4.78, 5) is 29.3. The third-order valence-corrected chi connectivity index (χ3v) is 6.21. The van der Waals surface area contributed by atoms with Crippen LogP contribution in [-0.4, -0.2) is 16.7 Å². The molecule has 0 aliphatic heterocycles. The summed E-state index contributed by atoms with van der Waals surface area (Å²) in [5.74, 6) is 0.602. The van der Waals surface area contributed by atoms with Gasteiger partial charge in [-0.15, -0.1) is 0 Å². The van der Waals surface area contributed by atoms with Crippen LogP contribution >= 0.6 is 11.3 Å². The first-order chi connectivity index (χ1) is 11.1. The number of ketones is 1. The smallest absolute Gasteiger partial charge is 0.229 e. The highest BCUT2D eigenvalue weighted by atomic mass is 32.1. The van der Waals surface area contributed by atoms with Gasteiger partial charge in [-0.05, 0) is 44.2 Å². The van der Waals surface area contributed by atoms with Crippen LogP contribution in [0, 0.1) is 24.7 Å². The van der Waals surface area contributed by atoms with Crippen molar-refractivity contribution in [1.29, 1.82) is 0 Å². The zero-order valence-corrected chi connectivity index (χ0v) is 14.0. The minimum Gasteiger partial charge on any atom is -0.302 e. The molecule has 1 aromatic heterocycles. The van der Waals surface area contributed by atoms with E-state index in [1.54, 1.807) is 0 Å². The number of Topliss-reactive ketones (excluding diaryl/α,β-unsaturated/α-hetero) is 1. The van der Waals surface area contributed by atoms with E-state index in [2.05, 4.69) is 10.3 Å². The number of benzene rings is 1. The van der Waals surface area contributed by atoms with Crippen molar-refractivity contribution in [3.63, 3.8) is 0 Å². The van der Waals surface area contributed by atoms with Crippen LogP contribution in [0.5, 0.6) is 0 Å². The average molecular weight is 328 g/mol. The number of para-hydroxylation sites is 1. The number of aryl methyl sites for hydroxylation is 1. The van der Waals surface area contributed by atoms with Crippen molar-refractivity contribution in [2.75, 3.05) is 5.32 Å². The highest BCUT2D eigenvalue weighted by Gasteiger charge is 2.41. The molecule has 0 spiro atoms. The summed E-state index contributed by atoms with van der Waals surface area (Å²) in [6, 6.07) is 6.07. The molecule has 2 fully saturated rings. The van der Waals surface area contributed by atoms with Crippen LogP contribution in [0.15, 0.2) is 18.2 Å². The Bertz CT molecular complexity index is 766. The van der Waals surface area contributed by atoms with Crippen LogP contribution < -0.4 is 5.32 Å². The number of nitrogens with one attached hydrogen (secondary N) is 1. The molecule has 0 radical (unpaired) electrons. The first-order valence-corrected chi connectivity index (χ1v) is 9.14. The minimum absolute atomic E-state index is 0.0334. The number of aromatic nitrogens is 1. The van der Waals surface area contributed by atoms with Gasteiger partial charge in [-0.25, -0.2) is 4.98 Å². The van der Waals surface area contributed by atoms with E-state index < -0.39 is 0 Å². The number of carbonyl (C=O) groups excluding carboxylic acids is 2. The van der Waals surface area contributed by atoms with Crippen molar-refractivity contribution in [2.45, 2.75) is 39.0 Å². The monoisotopic (exact) mass is 328 g/mol. The maximum absolute atomic E-state index is 12.6. The lowest BCUT2D eigenvalue weighted by atomic mass is 9.67. The fraction of sp³-hybridized carbons (Fsp3) is 0.500. The molecule has 120 valence electrons. The number of hydrogen-bond acceptors (Lipinski definition) is 4. The molecule has 4 nitrogen and oxygen atoms in total. The number of thiazole rings is 1. The highest BCUT2D eigenvalue weighted by Crippen LogP contribution is 2.40. The number of carbonyl (C=O) groups is 2. The zero-order chi connectivity index (χ0) is 16.0. The Hall–Kier alpha value is -1.75. The van der Waals surface area contributed by atoms with Crippen LogP contribution in [0.25, 0.3) is 10.2 Å². The maximum Gasteiger partial charge on any atom is 0.229 e. The quantitative estimate of drug-likeness (QED) is 0.908. The zero-order valence-electron chi connectivity index (χ0n) is 13.2. The van der Waals surface area contributed by atoms with E-state index in [0.29, 0.717) is 23.8 Å². The third kappa shape index (κ3) is 2.67. The molecule has 23 heavy (non-hydrogen) atoms. The van der Waals surface area contributed by atoms with Gasteiger partial charge in [0, 0.05) is 17.8 Å². The van der Waals surface area contributed by atoms with Crippen molar-refractivity contribution >= 4 is 38.4 Å². The minimum atomic E-state index is -0.0453. The molecule has 4 rings (SSSR count). The molecule has 2 aliphatic carbocycles. The van der Waals surface area contributed by atoms with Gasteiger partial charge in [0.1, 0.15) is 5.78 Å². The van der Waals surface area contributed by atoms with E-state index in [4.69, 9.17) is 0 Å². The largest absolute Gasteiger partial charge is 0.302 e. The van der Waals surface area contributed by atoms with E-state index in [1.807, 2.05) is 25.1 Å². The first-order valence-electron chi connectivity index (χ1n) is 8.32. The number of hydrogen-bond donors (Lipinski definition) is 1. The first kappa shape index (κ1) is 14.8. The lowest BCUT2D eigenvalue weighted by Gasteiger charge is -2.36. The molecule has 2 bridgehead atoms. The Kier molecular flexibility index (Phi) is 3.68. The summed E-state index contributed by atoms with van der Waals surface area (Å²) in [5, 5.41) is 3.66. The van der Waals surface area contributed by atoms with Gasteiger partial charge in [0.15, 0.2) is 5.13 Å². The molecule has 2 aromatic rings. The molecular weight excluding hydrogens is 308 g/mol. The van der Waals surface area contributed by atoms with Gasteiger partial charge in [0.05, 0.1) is 10.2 Å². The summed E-state index contributed by atoms with van der Waals surface area (Å²) < 4.78 is 1.09. The van der Waals surface area contributed by atoms with Gasteiger partial charge in [-0.1, -0.05) is 29.9 Å². The number of nitrogens with zero attached hydrogens (tertiary/aromatic N) is 1. The van der Waals surface area contributed by atoms with Crippen LogP contribution in [0.1, 0.15) is 37.7 Å². The maximum atomic E-state index is 12.6. The van der Waals surface area contributed by atoms with E-state index >= 15 is 0 Å². The summed E-state index contributed by atoms with van der Waals surface area (Å²) >= 11 is 1.52. The molecular formula is C18H20N2O2S. The predicted molar refractivity (Wildman–Crippen MR) is 91.5 cm³/mol. The van der Waals surface area contributed by atoms with Gasteiger partial charge in [0.2, 0.25) is 5.91 Å². The van der Waals surface area contributed by atoms with E-state index in [0.717, 1.165) is 35.0 Å². The fourth-order valence-electron chi connectivity index (χ4n) is 4.04. The molecule has 0 saturated heterocycles. The molecule has 1 unspecified atom stereocenters. The molecule has 1 amide bonds. The Morgan fingerprint density at radius 3 is 2.70 bits per heavy atom. The van der Waals surface area contributed by atoms with E-state index in [9.17, 15) is 9.59 Å². The van der Waals surface area contributed by atoms with Crippen molar-refractivity contribution in [2.24, 2.45) is 17.8 Å².